The number of benzene rings is 3. The molecule has 0 spiro atoms. The van der Waals surface area contributed by atoms with Gasteiger partial charge in [-0.2, -0.15) is 11.3 Å². The van der Waals surface area contributed by atoms with E-state index in [2.05, 4.69) is 21.3 Å². The fourth-order valence-electron chi connectivity index (χ4n) is 5.09. The molecule has 1 aromatic heterocycles. The quantitative estimate of drug-likeness (QED) is 0.136. The average Bonchev–Trinajstić information content (AvgIpc) is 3.59. The molecule has 10 nitrogen and oxygen atoms in total. The number of sulfonamides is 1. The SMILES string of the molecule is CCc1ccccc1NC(=O)[C@H](C)NC[C@H](Cc1ccsc1)NC(=O)c1cc(C(=O)N[C@H](C)c2ccccc2)cc(N(C)S(C)(=O)=O)c1. The van der Waals surface area contributed by atoms with Crippen LogP contribution in [0.1, 0.15) is 64.2 Å². The van der Waals surface area contributed by atoms with Crippen molar-refractivity contribution < 1.29 is 22.8 Å². The summed E-state index contributed by atoms with van der Waals surface area (Å²) in [5.74, 6) is -1.14. The van der Waals surface area contributed by atoms with Crippen LogP contribution in [-0.2, 0) is 27.7 Å². The highest BCUT2D eigenvalue weighted by atomic mass is 32.2. The monoisotopic (exact) mass is 689 g/mol. The highest BCUT2D eigenvalue weighted by molar-refractivity contribution is 7.92. The van der Waals surface area contributed by atoms with Crippen molar-refractivity contribution >= 4 is 50.5 Å². The number of carbonyl (C=O) groups excluding carboxylic acids is 3. The second-order valence-corrected chi connectivity index (χ2v) is 14.5. The van der Waals surface area contributed by atoms with Gasteiger partial charge < -0.3 is 21.3 Å². The summed E-state index contributed by atoms with van der Waals surface area (Å²) in [4.78, 5) is 40.3. The van der Waals surface area contributed by atoms with Crippen molar-refractivity contribution in [3.05, 3.63) is 117 Å². The van der Waals surface area contributed by atoms with Crippen LogP contribution in [0.5, 0.6) is 0 Å². The Labute approximate surface area is 287 Å². The van der Waals surface area contributed by atoms with Gasteiger partial charge in [-0.3, -0.25) is 18.7 Å². The molecule has 0 aliphatic heterocycles. The number of rotatable bonds is 15. The predicted octanol–water partition coefficient (Wildman–Crippen LogP) is 5.16. The largest absolute Gasteiger partial charge is 0.348 e. The van der Waals surface area contributed by atoms with Gasteiger partial charge in [0.1, 0.15) is 0 Å². The van der Waals surface area contributed by atoms with Gasteiger partial charge in [0.25, 0.3) is 11.8 Å². The molecule has 4 rings (SSSR count). The third-order valence-electron chi connectivity index (χ3n) is 8.07. The number of thiophene rings is 1. The molecule has 1 heterocycles. The van der Waals surface area contributed by atoms with Gasteiger partial charge in [-0.1, -0.05) is 55.5 Å². The Morgan fingerprint density at radius 2 is 1.52 bits per heavy atom. The van der Waals surface area contributed by atoms with Crippen molar-refractivity contribution in [1.29, 1.82) is 0 Å². The summed E-state index contributed by atoms with van der Waals surface area (Å²) in [6.45, 7) is 5.91. The number of nitrogens with zero attached hydrogens (tertiary/aromatic N) is 1. The van der Waals surface area contributed by atoms with E-state index in [-0.39, 0.29) is 35.3 Å². The molecule has 0 bridgehead atoms. The smallest absolute Gasteiger partial charge is 0.251 e. The van der Waals surface area contributed by atoms with Gasteiger partial charge in [0.05, 0.1) is 24.0 Å². The fraction of sp³-hybridized carbons (Fsp3) is 0.306. The van der Waals surface area contributed by atoms with E-state index in [1.165, 1.54) is 25.2 Å². The maximum atomic E-state index is 13.8. The van der Waals surface area contributed by atoms with Crippen LogP contribution in [0.3, 0.4) is 0 Å². The van der Waals surface area contributed by atoms with Gasteiger partial charge >= 0.3 is 0 Å². The standard InChI is InChI=1S/C36H43N5O5S2/c1-6-27-12-10-11-15-33(27)40-34(42)25(3)37-22-31(18-26-16-17-47-23-26)39-36(44)30-19-29(20-32(21-30)41(4)48(5,45)46)35(43)38-24(2)28-13-8-7-9-14-28/h7-17,19-21,23-25,31,37H,6,18,22H2,1-5H3,(H,38,43)(H,39,44)(H,40,42)/t24-,25+,31+/m1/s1. The molecule has 4 aromatic rings. The Morgan fingerprint density at radius 1 is 0.875 bits per heavy atom. The van der Waals surface area contributed by atoms with Crippen LogP contribution in [0.25, 0.3) is 0 Å². The Kier molecular flexibility index (Phi) is 12.5. The highest BCUT2D eigenvalue weighted by Crippen LogP contribution is 2.22. The second kappa shape index (κ2) is 16.5. The van der Waals surface area contributed by atoms with E-state index >= 15 is 0 Å². The third-order valence-corrected chi connectivity index (χ3v) is 10.0. The second-order valence-electron chi connectivity index (χ2n) is 11.7. The number of hydrogen-bond acceptors (Lipinski definition) is 7. The van der Waals surface area contributed by atoms with E-state index in [1.807, 2.05) is 85.3 Å². The maximum Gasteiger partial charge on any atom is 0.251 e. The Hall–Kier alpha value is -4.52. The zero-order valence-corrected chi connectivity index (χ0v) is 29.5. The first-order chi connectivity index (χ1) is 22.8. The third kappa shape index (κ3) is 9.99. The van der Waals surface area contributed by atoms with Crippen molar-refractivity contribution in [3.63, 3.8) is 0 Å². The van der Waals surface area contributed by atoms with E-state index in [4.69, 9.17) is 0 Å². The van der Waals surface area contributed by atoms with Gasteiger partial charge in [0.15, 0.2) is 0 Å². The molecule has 4 N–H and O–H groups in total. The number of hydrogen-bond donors (Lipinski definition) is 4. The molecule has 0 radical (unpaired) electrons. The van der Waals surface area contributed by atoms with Gasteiger partial charge in [0, 0.05) is 36.4 Å². The summed E-state index contributed by atoms with van der Waals surface area (Å²) in [5.41, 5.74) is 4.15. The predicted molar refractivity (Wildman–Crippen MR) is 193 cm³/mol. The van der Waals surface area contributed by atoms with Crippen LogP contribution in [0.2, 0.25) is 0 Å². The van der Waals surface area contributed by atoms with Gasteiger partial charge in [0.2, 0.25) is 15.9 Å². The van der Waals surface area contributed by atoms with Crippen molar-refractivity contribution in [2.45, 2.75) is 51.7 Å². The minimum absolute atomic E-state index is 0.123. The maximum absolute atomic E-state index is 13.8. The van der Waals surface area contributed by atoms with Crippen LogP contribution in [0, 0.1) is 0 Å². The topological polar surface area (TPSA) is 137 Å². The van der Waals surface area contributed by atoms with Gasteiger partial charge in [-0.25, -0.2) is 8.42 Å². The van der Waals surface area contributed by atoms with Crippen molar-refractivity contribution in [3.8, 4) is 0 Å². The van der Waals surface area contributed by atoms with E-state index in [0.717, 1.165) is 39.4 Å². The summed E-state index contributed by atoms with van der Waals surface area (Å²) in [7, 11) is -2.32. The summed E-state index contributed by atoms with van der Waals surface area (Å²) in [6, 6.07) is 22.1. The van der Waals surface area contributed by atoms with Crippen molar-refractivity contribution in [2.24, 2.45) is 0 Å². The van der Waals surface area contributed by atoms with Crippen LogP contribution < -0.4 is 25.6 Å². The Balaban J connectivity index is 1.54. The first kappa shape index (κ1) is 36.3. The lowest BCUT2D eigenvalue weighted by Crippen LogP contribution is -2.48. The highest BCUT2D eigenvalue weighted by Gasteiger charge is 2.23. The van der Waals surface area contributed by atoms with E-state index in [1.54, 1.807) is 18.3 Å². The van der Waals surface area contributed by atoms with E-state index in [9.17, 15) is 22.8 Å². The van der Waals surface area contributed by atoms with E-state index in [0.29, 0.717) is 6.42 Å². The lowest BCUT2D eigenvalue weighted by atomic mass is 10.0. The first-order valence-electron chi connectivity index (χ1n) is 15.7. The lowest BCUT2D eigenvalue weighted by molar-refractivity contribution is -0.117. The zero-order chi connectivity index (χ0) is 34.8. The molecule has 48 heavy (non-hydrogen) atoms. The number of carbonyl (C=O) groups is 3. The van der Waals surface area contributed by atoms with E-state index < -0.39 is 33.9 Å². The van der Waals surface area contributed by atoms with Crippen LogP contribution >= 0.6 is 11.3 Å². The number of para-hydroxylation sites is 1. The van der Waals surface area contributed by atoms with Crippen molar-refractivity contribution in [1.82, 2.24) is 16.0 Å². The first-order valence-corrected chi connectivity index (χ1v) is 18.5. The number of amides is 3. The lowest BCUT2D eigenvalue weighted by Gasteiger charge is -2.23. The molecular formula is C36H43N5O5S2. The average molecular weight is 690 g/mol. The summed E-state index contributed by atoms with van der Waals surface area (Å²) in [6.07, 6.45) is 2.32. The van der Waals surface area contributed by atoms with Crippen LogP contribution in [0.15, 0.2) is 89.6 Å². The molecule has 0 aliphatic carbocycles. The van der Waals surface area contributed by atoms with Crippen molar-refractivity contribution in [2.75, 3.05) is 29.5 Å². The minimum Gasteiger partial charge on any atom is -0.348 e. The van der Waals surface area contributed by atoms with Gasteiger partial charge in [-0.05, 0) is 84.5 Å². The zero-order valence-electron chi connectivity index (χ0n) is 27.8. The molecule has 0 fully saturated rings. The molecule has 0 saturated carbocycles. The summed E-state index contributed by atoms with van der Waals surface area (Å²) in [5, 5.41) is 16.2. The molecule has 254 valence electrons. The molecular weight excluding hydrogens is 647 g/mol. The molecule has 12 heteroatoms. The Bertz CT molecular complexity index is 1810. The molecule has 0 aliphatic rings. The summed E-state index contributed by atoms with van der Waals surface area (Å²) >= 11 is 1.54. The number of nitrogens with one attached hydrogen (secondary N) is 4. The number of anilines is 2. The van der Waals surface area contributed by atoms with Crippen LogP contribution in [0.4, 0.5) is 11.4 Å². The molecule has 0 unspecified atom stereocenters. The minimum atomic E-state index is -3.69. The Morgan fingerprint density at radius 3 is 2.15 bits per heavy atom. The fourth-order valence-corrected chi connectivity index (χ4v) is 6.26. The summed E-state index contributed by atoms with van der Waals surface area (Å²) < 4.78 is 25.9. The normalized spacial score (nSPS) is 13.2. The van der Waals surface area contributed by atoms with Gasteiger partial charge in [-0.15, -0.1) is 0 Å². The number of aryl methyl sites for hydroxylation is 1. The molecule has 3 atom stereocenters. The van der Waals surface area contributed by atoms with Crippen LogP contribution in [-0.4, -0.2) is 58.1 Å². The molecule has 3 amide bonds. The molecule has 0 saturated heterocycles. The molecule has 3 aromatic carbocycles.